The lowest BCUT2D eigenvalue weighted by Crippen LogP contribution is -2.43. The zero-order valence-electron chi connectivity index (χ0n) is 18.8. The number of benzene rings is 2. The first kappa shape index (κ1) is 21.5. The van der Waals surface area contributed by atoms with E-state index in [0.717, 1.165) is 36.8 Å². The minimum absolute atomic E-state index is 0.177. The molecule has 2 aliphatic rings. The average molecular weight is 425 g/mol. The van der Waals surface area contributed by atoms with E-state index in [-0.39, 0.29) is 24.8 Å². The lowest BCUT2D eigenvalue weighted by molar-refractivity contribution is -0.134. The van der Waals surface area contributed by atoms with Crippen molar-refractivity contribution in [3.05, 3.63) is 53.6 Å². The van der Waals surface area contributed by atoms with Gasteiger partial charge in [0.1, 0.15) is 5.75 Å². The fourth-order valence-corrected chi connectivity index (χ4v) is 4.75. The van der Waals surface area contributed by atoms with E-state index < -0.39 is 0 Å². The Balaban J connectivity index is 1.58. The Hall–Kier alpha value is -2.73. The summed E-state index contributed by atoms with van der Waals surface area (Å²) in [5.41, 5.74) is 2.44. The maximum Gasteiger partial charge on any atom is 0.236 e. The third-order valence-electron chi connectivity index (χ3n) is 6.39. The largest absolute Gasteiger partial charge is 0.497 e. The fourth-order valence-electron chi connectivity index (χ4n) is 4.75. The number of nitrogens with zero attached hydrogens (tertiary/aromatic N) is 2. The molecular formula is C25H32N2O4. The number of ether oxygens (including phenoxy) is 3. The maximum atomic E-state index is 13.1. The van der Waals surface area contributed by atoms with Gasteiger partial charge in [-0.15, -0.1) is 0 Å². The molecular weight excluding hydrogens is 392 g/mol. The van der Waals surface area contributed by atoms with Gasteiger partial charge in [-0.2, -0.15) is 0 Å². The van der Waals surface area contributed by atoms with E-state index in [1.807, 2.05) is 30.0 Å². The summed E-state index contributed by atoms with van der Waals surface area (Å²) in [6.07, 6.45) is 0.951. The first-order chi connectivity index (χ1) is 15.0. The summed E-state index contributed by atoms with van der Waals surface area (Å²) in [4.78, 5) is 17.3. The molecule has 2 unspecified atom stereocenters. The van der Waals surface area contributed by atoms with Crippen molar-refractivity contribution in [2.75, 3.05) is 33.5 Å². The quantitative estimate of drug-likeness (QED) is 0.666. The molecule has 0 N–H and O–H groups in total. The summed E-state index contributed by atoms with van der Waals surface area (Å²) < 4.78 is 16.4. The molecule has 31 heavy (non-hydrogen) atoms. The monoisotopic (exact) mass is 424 g/mol. The molecule has 0 saturated carbocycles. The van der Waals surface area contributed by atoms with Crippen LogP contribution < -0.4 is 14.2 Å². The molecule has 2 aromatic rings. The Labute approximate surface area is 184 Å². The summed E-state index contributed by atoms with van der Waals surface area (Å²) in [6, 6.07) is 14.8. The van der Waals surface area contributed by atoms with Crippen LogP contribution in [0.5, 0.6) is 17.2 Å². The van der Waals surface area contributed by atoms with Crippen LogP contribution in [0, 0.1) is 0 Å². The van der Waals surface area contributed by atoms with Crippen LogP contribution in [0.2, 0.25) is 0 Å². The van der Waals surface area contributed by atoms with Gasteiger partial charge in [-0.1, -0.05) is 18.2 Å². The summed E-state index contributed by atoms with van der Waals surface area (Å²) in [7, 11) is 1.68. The van der Waals surface area contributed by atoms with E-state index in [1.165, 1.54) is 11.1 Å². The van der Waals surface area contributed by atoms with Gasteiger partial charge >= 0.3 is 0 Å². The van der Waals surface area contributed by atoms with Gasteiger partial charge < -0.3 is 19.1 Å². The smallest absolute Gasteiger partial charge is 0.236 e. The van der Waals surface area contributed by atoms with Gasteiger partial charge in [-0.3, -0.25) is 9.69 Å². The number of rotatable bonds is 7. The van der Waals surface area contributed by atoms with Gasteiger partial charge in [-0.25, -0.2) is 0 Å². The number of likely N-dealkylation sites (tertiary alicyclic amines) is 1. The van der Waals surface area contributed by atoms with Crippen molar-refractivity contribution < 1.29 is 19.0 Å². The Morgan fingerprint density at radius 3 is 2.52 bits per heavy atom. The van der Waals surface area contributed by atoms with E-state index in [4.69, 9.17) is 14.2 Å². The second-order valence-electron chi connectivity index (χ2n) is 8.54. The number of carbonyl (C=O) groups excluding carboxylic acids is 1. The number of methoxy groups -OCH3 is 1. The van der Waals surface area contributed by atoms with Crippen LogP contribution in [-0.2, 0) is 4.79 Å². The first-order valence-electron chi connectivity index (χ1n) is 11.1. The maximum absolute atomic E-state index is 13.1. The lowest BCUT2D eigenvalue weighted by Gasteiger charge is -2.30. The molecule has 0 aromatic heterocycles. The Kier molecular flexibility index (Phi) is 6.37. The number of hydrogen-bond donors (Lipinski definition) is 0. The molecule has 166 valence electrons. The number of amides is 1. The summed E-state index contributed by atoms with van der Waals surface area (Å²) >= 11 is 0. The van der Waals surface area contributed by atoms with Crippen LogP contribution >= 0.6 is 0 Å². The molecule has 4 rings (SSSR count). The number of hydrogen-bond acceptors (Lipinski definition) is 5. The average Bonchev–Trinajstić information content (AvgIpc) is 3.40. The van der Waals surface area contributed by atoms with Crippen molar-refractivity contribution in [3.8, 4) is 17.2 Å². The molecule has 1 amide bonds. The van der Waals surface area contributed by atoms with Gasteiger partial charge in [0.05, 0.1) is 13.7 Å². The highest BCUT2D eigenvalue weighted by Crippen LogP contribution is 2.43. The normalized spacial score (nSPS) is 20.3. The van der Waals surface area contributed by atoms with Gasteiger partial charge in [0.2, 0.25) is 12.7 Å². The van der Waals surface area contributed by atoms with Crippen LogP contribution in [0.4, 0.5) is 0 Å². The number of carbonyl (C=O) groups is 1. The Morgan fingerprint density at radius 2 is 1.84 bits per heavy atom. The van der Waals surface area contributed by atoms with E-state index in [2.05, 4.69) is 43.0 Å². The van der Waals surface area contributed by atoms with Crippen molar-refractivity contribution in [1.29, 1.82) is 0 Å². The van der Waals surface area contributed by atoms with Crippen molar-refractivity contribution in [1.82, 2.24) is 9.80 Å². The first-order valence-corrected chi connectivity index (χ1v) is 11.1. The van der Waals surface area contributed by atoms with Crippen LogP contribution in [0.25, 0.3) is 0 Å². The second kappa shape index (κ2) is 9.18. The Morgan fingerprint density at radius 1 is 1.13 bits per heavy atom. The minimum atomic E-state index is 0.177. The van der Waals surface area contributed by atoms with Crippen molar-refractivity contribution in [3.63, 3.8) is 0 Å². The van der Waals surface area contributed by atoms with Crippen LogP contribution in [0.15, 0.2) is 42.5 Å². The lowest BCUT2D eigenvalue weighted by atomic mass is 9.93. The predicted octanol–water partition coefficient (Wildman–Crippen LogP) is 4.21. The highest BCUT2D eigenvalue weighted by Gasteiger charge is 2.36. The third-order valence-corrected chi connectivity index (χ3v) is 6.39. The second-order valence-corrected chi connectivity index (χ2v) is 8.54. The molecule has 0 aliphatic carbocycles. The molecule has 1 fully saturated rings. The Bertz CT molecular complexity index is 912. The summed E-state index contributed by atoms with van der Waals surface area (Å²) in [5, 5.41) is 0. The van der Waals surface area contributed by atoms with Crippen molar-refractivity contribution >= 4 is 5.91 Å². The van der Waals surface area contributed by atoms with E-state index in [1.54, 1.807) is 7.11 Å². The van der Waals surface area contributed by atoms with Gasteiger partial charge in [0, 0.05) is 25.2 Å². The van der Waals surface area contributed by atoms with E-state index in [9.17, 15) is 4.79 Å². The topological polar surface area (TPSA) is 51.2 Å². The zero-order valence-corrected chi connectivity index (χ0v) is 18.8. The van der Waals surface area contributed by atoms with Gasteiger partial charge in [-0.05, 0) is 68.5 Å². The highest BCUT2D eigenvalue weighted by molar-refractivity contribution is 5.78. The molecule has 0 spiro atoms. The minimum Gasteiger partial charge on any atom is -0.497 e. The molecule has 1 saturated heterocycles. The molecule has 2 heterocycles. The molecule has 6 heteroatoms. The fraction of sp³-hybridized carbons (Fsp3) is 0.480. The standard InChI is InChI=1S/C25H32N2O4/c1-5-27(17(2)3)25(28)15-26-14-20(19-8-11-23-24(13-19)31-16-30-23)12-22(26)18-6-9-21(29-4)10-7-18/h6-11,13,17,20,22H,5,12,14-16H2,1-4H3. The van der Waals surface area contributed by atoms with E-state index >= 15 is 0 Å². The van der Waals surface area contributed by atoms with Crippen molar-refractivity contribution in [2.24, 2.45) is 0 Å². The SMILES string of the molecule is CCN(C(=O)CN1CC(c2ccc3c(c2)OCO3)CC1c1ccc(OC)cc1)C(C)C. The molecule has 0 radical (unpaired) electrons. The molecule has 2 aliphatic heterocycles. The number of likely N-dealkylation sites (N-methyl/N-ethyl adjacent to an activating group) is 1. The summed E-state index contributed by atoms with van der Waals surface area (Å²) in [6.45, 7) is 8.44. The summed E-state index contributed by atoms with van der Waals surface area (Å²) in [5.74, 6) is 2.96. The van der Waals surface area contributed by atoms with Crippen molar-refractivity contribution in [2.45, 2.75) is 45.2 Å². The van der Waals surface area contributed by atoms with Crippen LogP contribution in [0.1, 0.15) is 50.3 Å². The molecule has 2 atom stereocenters. The third kappa shape index (κ3) is 4.49. The van der Waals surface area contributed by atoms with Gasteiger partial charge in [0.25, 0.3) is 0 Å². The highest BCUT2D eigenvalue weighted by atomic mass is 16.7. The van der Waals surface area contributed by atoms with Crippen LogP contribution in [-0.4, -0.2) is 55.3 Å². The van der Waals surface area contributed by atoms with Gasteiger partial charge in [0.15, 0.2) is 11.5 Å². The molecule has 6 nitrogen and oxygen atoms in total. The zero-order chi connectivity index (χ0) is 22.0. The van der Waals surface area contributed by atoms with E-state index in [0.29, 0.717) is 12.5 Å². The molecule has 2 aromatic carbocycles. The molecule has 0 bridgehead atoms. The predicted molar refractivity (Wildman–Crippen MR) is 120 cm³/mol. The number of fused-ring (bicyclic) bond motifs is 1. The van der Waals surface area contributed by atoms with Crippen LogP contribution in [0.3, 0.4) is 0 Å².